The van der Waals surface area contributed by atoms with Gasteiger partial charge < -0.3 is 9.47 Å². The molecule has 0 spiro atoms. The molecule has 2 aromatic heterocycles. The van der Waals surface area contributed by atoms with Gasteiger partial charge in [-0.15, -0.1) is 10.2 Å². The van der Waals surface area contributed by atoms with Gasteiger partial charge in [-0.25, -0.2) is 4.98 Å². The van der Waals surface area contributed by atoms with Crippen LogP contribution in [0.2, 0.25) is 0 Å². The van der Waals surface area contributed by atoms with Crippen LogP contribution in [0.4, 0.5) is 0 Å². The molecule has 0 radical (unpaired) electrons. The highest BCUT2D eigenvalue weighted by Gasteiger charge is 2.20. The first-order chi connectivity index (χ1) is 12.8. The molecular formula is C19H14N4O2S. The number of rotatable bonds is 3. The maximum atomic E-state index is 5.52. The van der Waals surface area contributed by atoms with Crippen molar-refractivity contribution in [3.8, 4) is 28.7 Å². The molecular weight excluding hydrogens is 348 g/mol. The number of benzene rings is 2. The van der Waals surface area contributed by atoms with Crippen LogP contribution in [0.5, 0.6) is 11.5 Å². The molecule has 0 N–H and O–H groups in total. The molecule has 0 amide bonds. The molecule has 0 unspecified atom stereocenters. The van der Waals surface area contributed by atoms with Crippen LogP contribution in [0.1, 0.15) is 0 Å². The van der Waals surface area contributed by atoms with Crippen molar-refractivity contribution in [3.63, 3.8) is 0 Å². The van der Waals surface area contributed by atoms with Crippen LogP contribution >= 0.6 is 11.8 Å². The van der Waals surface area contributed by atoms with Gasteiger partial charge in [-0.1, -0.05) is 36.0 Å². The summed E-state index contributed by atoms with van der Waals surface area (Å²) in [6, 6.07) is 17.9. The van der Waals surface area contributed by atoms with Gasteiger partial charge in [-0.05, 0) is 30.5 Å². The number of para-hydroxylation sites is 1. The van der Waals surface area contributed by atoms with E-state index in [1.54, 1.807) is 0 Å². The quantitative estimate of drug-likeness (QED) is 0.515. The molecule has 0 saturated carbocycles. The smallest absolute Gasteiger partial charge is 0.231 e. The van der Waals surface area contributed by atoms with E-state index in [0.29, 0.717) is 5.82 Å². The Morgan fingerprint density at radius 3 is 2.77 bits per heavy atom. The minimum Gasteiger partial charge on any atom is -0.454 e. The largest absolute Gasteiger partial charge is 0.454 e. The van der Waals surface area contributed by atoms with Gasteiger partial charge in [0.05, 0.1) is 11.2 Å². The maximum absolute atomic E-state index is 5.52. The monoisotopic (exact) mass is 362 g/mol. The van der Waals surface area contributed by atoms with Crippen LogP contribution in [-0.2, 0) is 0 Å². The van der Waals surface area contributed by atoms with Crippen molar-refractivity contribution < 1.29 is 9.47 Å². The summed E-state index contributed by atoms with van der Waals surface area (Å²) in [6.45, 7) is 0.245. The molecule has 5 rings (SSSR count). The van der Waals surface area contributed by atoms with Gasteiger partial charge in [0.15, 0.2) is 22.5 Å². The van der Waals surface area contributed by atoms with Crippen LogP contribution in [0.25, 0.3) is 28.1 Å². The van der Waals surface area contributed by atoms with Crippen molar-refractivity contribution in [2.45, 2.75) is 5.16 Å². The van der Waals surface area contributed by atoms with Crippen molar-refractivity contribution >= 4 is 22.7 Å². The summed E-state index contributed by atoms with van der Waals surface area (Å²) >= 11 is 1.53. The second-order valence-corrected chi connectivity index (χ2v) is 6.55. The molecule has 26 heavy (non-hydrogen) atoms. The number of pyridine rings is 1. The fourth-order valence-electron chi connectivity index (χ4n) is 3.02. The first-order valence-electron chi connectivity index (χ1n) is 8.09. The fraction of sp³-hybridized carbons (Fsp3) is 0.105. The van der Waals surface area contributed by atoms with E-state index in [1.165, 1.54) is 11.8 Å². The van der Waals surface area contributed by atoms with Gasteiger partial charge in [0, 0.05) is 11.5 Å². The zero-order valence-electron chi connectivity index (χ0n) is 13.9. The third-order valence-corrected chi connectivity index (χ3v) is 4.89. The third-order valence-electron chi connectivity index (χ3n) is 4.26. The summed E-state index contributed by atoms with van der Waals surface area (Å²) in [5.74, 6) is 2.16. The zero-order chi connectivity index (χ0) is 17.5. The average molecular weight is 362 g/mol. The number of hydrogen-bond acceptors (Lipinski definition) is 6. The predicted molar refractivity (Wildman–Crippen MR) is 100 cm³/mol. The standard InChI is InChI=1S/C19H14N4O2S/c1-26-19-22-21-18(15-8-6-12-4-2-3-5-14(12)20-15)23(19)13-7-9-16-17(10-13)25-11-24-16/h2-10H,11H2,1H3. The van der Waals surface area contributed by atoms with E-state index in [1.807, 2.05) is 59.4 Å². The summed E-state index contributed by atoms with van der Waals surface area (Å²) in [5.41, 5.74) is 2.61. The molecule has 0 aliphatic carbocycles. The average Bonchev–Trinajstić information content (AvgIpc) is 3.33. The third kappa shape index (κ3) is 2.40. The number of fused-ring (bicyclic) bond motifs is 2. The number of nitrogens with zero attached hydrogens (tertiary/aromatic N) is 4. The van der Waals surface area contributed by atoms with E-state index >= 15 is 0 Å². The number of hydrogen-bond donors (Lipinski definition) is 0. The van der Waals surface area contributed by atoms with Gasteiger partial charge in [-0.3, -0.25) is 4.57 Å². The lowest BCUT2D eigenvalue weighted by Gasteiger charge is -2.10. The van der Waals surface area contributed by atoms with Crippen molar-refractivity contribution in [2.75, 3.05) is 13.0 Å². The lowest BCUT2D eigenvalue weighted by atomic mass is 10.2. The number of ether oxygens (including phenoxy) is 2. The molecule has 0 fully saturated rings. The first-order valence-corrected chi connectivity index (χ1v) is 9.31. The van der Waals surface area contributed by atoms with Crippen LogP contribution in [0.15, 0.2) is 59.8 Å². The Labute approximate surface area is 153 Å². The van der Waals surface area contributed by atoms with Gasteiger partial charge >= 0.3 is 0 Å². The van der Waals surface area contributed by atoms with E-state index in [4.69, 9.17) is 14.5 Å². The summed E-state index contributed by atoms with van der Waals surface area (Å²) in [5, 5.41) is 10.6. The molecule has 0 saturated heterocycles. The molecule has 2 aromatic carbocycles. The molecule has 6 nitrogen and oxygen atoms in total. The molecule has 7 heteroatoms. The van der Waals surface area contributed by atoms with Gasteiger partial charge in [0.1, 0.15) is 5.69 Å². The highest BCUT2D eigenvalue weighted by molar-refractivity contribution is 7.98. The first kappa shape index (κ1) is 15.2. The van der Waals surface area contributed by atoms with Crippen LogP contribution in [0.3, 0.4) is 0 Å². The van der Waals surface area contributed by atoms with Crippen LogP contribution in [-0.4, -0.2) is 32.8 Å². The van der Waals surface area contributed by atoms with Gasteiger partial charge in [0.25, 0.3) is 0 Å². The maximum Gasteiger partial charge on any atom is 0.231 e. The van der Waals surface area contributed by atoms with E-state index in [2.05, 4.69) is 16.3 Å². The predicted octanol–water partition coefficient (Wildman–Crippen LogP) is 3.93. The van der Waals surface area contributed by atoms with Crippen LogP contribution in [0, 0.1) is 0 Å². The molecule has 0 bridgehead atoms. The lowest BCUT2D eigenvalue weighted by Crippen LogP contribution is -2.00. The Hall–Kier alpha value is -3.06. The Balaban J connectivity index is 1.69. The van der Waals surface area contributed by atoms with Gasteiger partial charge in [0.2, 0.25) is 6.79 Å². The summed E-state index contributed by atoms with van der Waals surface area (Å²) in [4.78, 5) is 4.76. The van der Waals surface area contributed by atoms with E-state index < -0.39 is 0 Å². The zero-order valence-corrected chi connectivity index (χ0v) is 14.7. The minimum atomic E-state index is 0.245. The second kappa shape index (κ2) is 6.03. The van der Waals surface area contributed by atoms with E-state index in [-0.39, 0.29) is 6.79 Å². The van der Waals surface area contributed by atoms with Crippen molar-refractivity contribution in [1.29, 1.82) is 0 Å². The van der Waals surface area contributed by atoms with E-state index in [9.17, 15) is 0 Å². The van der Waals surface area contributed by atoms with Crippen LogP contribution < -0.4 is 9.47 Å². The minimum absolute atomic E-state index is 0.245. The molecule has 128 valence electrons. The van der Waals surface area contributed by atoms with Crippen molar-refractivity contribution in [2.24, 2.45) is 0 Å². The molecule has 4 aromatic rings. The molecule has 1 aliphatic heterocycles. The second-order valence-electron chi connectivity index (χ2n) is 5.77. The molecule has 3 heterocycles. The summed E-state index contributed by atoms with van der Waals surface area (Å²) < 4.78 is 12.9. The summed E-state index contributed by atoms with van der Waals surface area (Å²) in [7, 11) is 0. The Kier molecular flexibility index (Phi) is 3.53. The SMILES string of the molecule is CSc1nnc(-c2ccc3ccccc3n2)n1-c1ccc2c(c1)OCO2. The van der Waals surface area contributed by atoms with Crippen molar-refractivity contribution in [1.82, 2.24) is 19.7 Å². The normalized spacial score (nSPS) is 12.7. The van der Waals surface area contributed by atoms with E-state index in [0.717, 1.165) is 38.9 Å². The summed E-state index contributed by atoms with van der Waals surface area (Å²) in [6.07, 6.45) is 1.98. The Bertz CT molecular complexity index is 1130. The van der Waals surface area contributed by atoms with Gasteiger partial charge in [-0.2, -0.15) is 0 Å². The fourth-order valence-corrected chi connectivity index (χ4v) is 3.51. The number of thioether (sulfide) groups is 1. The topological polar surface area (TPSA) is 62.1 Å². The van der Waals surface area contributed by atoms with Crippen molar-refractivity contribution in [3.05, 3.63) is 54.6 Å². The number of aromatic nitrogens is 4. The molecule has 0 atom stereocenters. The Morgan fingerprint density at radius 1 is 0.962 bits per heavy atom. The Morgan fingerprint density at radius 2 is 1.85 bits per heavy atom. The highest BCUT2D eigenvalue weighted by atomic mass is 32.2. The molecule has 1 aliphatic rings. The highest BCUT2D eigenvalue weighted by Crippen LogP contribution is 2.36. The lowest BCUT2D eigenvalue weighted by molar-refractivity contribution is 0.174.